The normalized spacial score (nSPS) is 10.8. The summed E-state index contributed by atoms with van der Waals surface area (Å²) >= 11 is 0. The average molecular weight is 484 g/mol. The number of amides is 1. The Kier molecular flexibility index (Phi) is 9.20. The van der Waals surface area contributed by atoms with E-state index in [1.54, 1.807) is 38.2 Å². The summed E-state index contributed by atoms with van der Waals surface area (Å²) in [6.07, 6.45) is 0. The molecular formula is C20H26FIN4O. The SMILES string of the molecule is CN=C(NCc1ccc(C(=O)N(C)C)cc1)N(C)Cc1ccc(F)cc1.I. The van der Waals surface area contributed by atoms with E-state index in [9.17, 15) is 9.18 Å². The number of benzene rings is 2. The number of nitrogens with zero attached hydrogens (tertiary/aromatic N) is 3. The van der Waals surface area contributed by atoms with E-state index in [0.29, 0.717) is 18.7 Å². The summed E-state index contributed by atoms with van der Waals surface area (Å²) in [5.41, 5.74) is 2.72. The first kappa shape index (κ1) is 22.9. The van der Waals surface area contributed by atoms with Gasteiger partial charge in [0.1, 0.15) is 5.82 Å². The van der Waals surface area contributed by atoms with Crippen molar-refractivity contribution in [2.75, 3.05) is 28.2 Å². The van der Waals surface area contributed by atoms with Crippen LogP contribution >= 0.6 is 24.0 Å². The number of halogens is 2. The Morgan fingerprint density at radius 3 is 2.07 bits per heavy atom. The van der Waals surface area contributed by atoms with Crippen LogP contribution in [0.3, 0.4) is 0 Å². The van der Waals surface area contributed by atoms with Crippen molar-refractivity contribution in [3.63, 3.8) is 0 Å². The quantitative estimate of drug-likeness (QED) is 0.403. The summed E-state index contributed by atoms with van der Waals surface area (Å²) < 4.78 is 13.0. The van der Waals surface area contributed by atoms with Crippen LogP contribution < -0.4 is 5.32 Å². The van der Waals surface area contributed by atoms with Gasteiger partial charge in [-0.15, -0.1) is 24.0 Å². The van der Waals surface area contributed by atoms with Crippen LogP contribution in [0.2, 0.25) is 0 Å². The first-order valence-electron chi connectivity index (χ1n) is 8.37. The zero-order valence-corrected chi connectivity index (χ0v) is 18.4. The Bertz CT molecular complexity index is 761. The van der Waals surface area contributed by atoms with Crippen LogP contribution in [0.25, 0.3) is 0 Å². The lowest BCUT2D eigenvalue weighted by molar-refractivity contribution is 0.0827. The van der Waals surface area contributed by atoms with Crippen LogP contribution in [-0.4, -0.2) is 49.9 Å². The van der Waals surface area contributed by atoms with Gasteiger partial charge in [0.25, 0.3) is 5.91 Å². The summed E-state index contributed by atoms with van der Waals surface area (Å²) in [5, 5.41) is 3.30. The standard InChI is InChI=1S/C20H25FN4O.HI/c1-22-20(25(4)14-16-7-11-18(21)12-8-16)23-13-15-5-9-17(10-6-15)19(26)24(2)3;/h5-12H,13-14H2,1-4H3,(H,22,23);1H. The molecule has 0 spiro atoms. The first-order chi connectivity index (χ1) is 12.4. The zero-order chi connectivity index (χ0) is 19.1. The molecule has 2 rings (SSSR count). The molecule has 0 heterocycles. The second kappa shape index (κ2) is 10.9. The summed E-state index contributed by atoms with van der Waals surface area (Å²) in [5.74, 6) is 0.484. The Morgan fingerprint density at radius 1 is 1.00 bits per heavy atom. The topological polar surface area (TPSA) is 47.9 Å². The monoisotopic (exact) mass is 484 g/mol. The van der Waals surface area contributed by atoms with Crippen molar-refractivity contribution in [2.24, 2.45) is 4.99 Å². The van der Waals surface area contributed by atoms with E-state index in [1.807, 2.05) is 36.2 Å². The van der Waals surface area contributed by atoms with Gasteiger partial charge in [-0.1, -0.05) is 24.3 Å². The van der Waals surface area contributed by atoms with Gasteiger partial charge in [0.05, 0.1) is 0 Å². The molecule has 1 amide bonds. The van der Waals surface area contributed by atoms with Crippen LogP contribution in [0, 0.1) is 5.82 Å². The summed E-state index contributed by atoms with van der Waals surface area (Å²) in [7, 11) is 7.12. The molecule has 5 nitrogen and oxygen atoms in total. The molecular weight excluding hydrogens is 458 g/mol. The third-order valence-corrected chi connectivity index (χ3v) is 3.96. The molecule has 0 radical (unpaired) electrons. The van der Waals surface area contributed by atoms with Crippen molar-refractivity contribution in [3.05, 3.63) is 71.0 Å². The predicted octanol–water partition coefficient (Wildman–Crippen LogP) is 3.35. The van der Waals surface area contributed by atoms with Crippen LogP contribution in [-0.2, 0) is 13.1 Å². The van der Waals surface area contributed by atoms with Crippen molar-refractivity contribution in [2.45, 2.75) is 13.1 Å². The fourth-order valence-corrected chi connectivity index (χ4v) is 2.53. The lowest BCUT2D eigenvalue weighted by Crippen LogP contribution is -2.38. The molecule has 0 aromatic heterocycles. The number of carbonyl (C=O) groups excluding carboxylic acids is 1. The second-order valence-corrected chi connectivity index (χ2v) is 6.28. The van der Waals surface area contributed by atoms with Crippen molar-refractivity contribution >= 4 is 35.8 Å². The van der Waals surface area contributed by atoms with Crippen LogP contribution in [0.15, 0.2) is 53.5 Å². The Hall–Kier alpha value is -2.16. The highest BCUT2D eigenvalue weighted by atomic mass is 127. The van der Waals surface area contributed by atoms with Crippen LogP contribution in [0.4, 0.5) is 4.39 Å². The predicted molar refractivity (Wildman–Crippen MR) is 118 cm³/mol. The minimum Gasteiger partial charge on any atom is -0.352 e. The maximum absolute atomic E-state index is 13.0. The zero-order valence-electron chi connectivity index (χ0n) is 16.1. The van der Waals surface area contributed by atoms with Gasteiger partial charge in [-0.3, -0.25) is 9.79 Å². The minimum absolute atomic E-state index is 0. The lowest BCUT2D eigenvalue weighted by Gasteiger charge is -2.22. The molecule has 1 N–H and O–H groups in total. The molecule has 27 heavy (non-hydrogen) atoms. The highest BCUT2D eigenvalue weighted by molar-refractivity contribution is 14.0. The summed E-state index contributed by atoms with van der Waals surface area (Å²) in [6, 6.07) is 13.9. The highest BCUT2D eigenvalue weighted by Crippen LogP contribution is 2.08. The van der Waals surface area contributed by atoms with E-state index < -0.39 is 0 Å². The largest absolute Gasteiger partial charge is 0.352 e. The molecule has 0 bridgehead atoms. The van der Waals surface area contributed by atoms with Gasteiger partial charge < -0.3 is 15.1 Å². The van der Waals surface area contributed by atoms with Gasteiger partial charge in [-0.25, -0.2) is 4.39 Å². The Labute approximate surface area is 177 Å². The molecule has 0 atom stereocenters. The molecule has 0 aliphatic heterocycles. The van der Waals surface area contributed by atoms with Gasteiger partial charge in [0, 0.05) is 46.8 Å². The van der Waals surface area contributed by atoms with Crippen LogP contribution in [0.5, 0.6) is 0 Å². The number of nitrogens with one attached hydrogen (secondary N) is 1. The van der Waals surface area contributed by atoms with E-state index in [0.717, 1.165) is 17.1 Å². The van der Waals surface area contributed by atoms with E-state index in [2.05, 4.69) is 10.3 Å². The fourth-order valence-electron chi connectivity index (χ4n) is 2.53. The maximum Gasteiger partial charge on any atom is 0.253 e. The van der Waals surface area contributed by atoms with Gasteiger partial charge in [-0.2, -0.15) is 0 Å². The lowest BCUT2D eigenvalue weighted by atomic mass is 10.1. The Balaban J connectivity index is 0.00000364. The number of carbonyl (C=O) groups is 1. The van der Waals surface area contributed by atoms with Crippen molar-refractivity contribution in [1.82, 2.24) is 15.1 Å². The third kappa shape index (κ3) is 6.82. The van der Waals surface area contributed by atoms with Crippen molar-refractivity contribution in [1.29, 1.82) is 0 Å². The van der Waals surface area contributed by atoms with E-state index in [1.165, 1.54) is 12.1 Å². The fraction of sp³-hybridized carbons (Fsp3) is 0.300. The molecule has 0 saturated carbocycles. The summed E-state index contributed by atoms with van der Waals surface area (Å²) in [4.78, 5) is 19.7. The van der Waals surface area contributed by atoms with Crippen molar-refractivity contribution < 1.29 is 9.18 Å². The number of hydrogen-bond donors (Lipinski definition) is 1. The average Bonchev–Trinajstić information content (AvgIpc) is 2.64. The molecule has 0 unspecified atom stereocenters. The second-order valence-electron chi connectivity index (χ2n) is 6.28. The molecule has 0 saturated heterocycles. The minimum atomic E-state index is -0.241. The van der Waals surface area contributed by atoms with E-state index in [-0.39, 0.29) is 35.7 Å². The van der Waals surface area contributed by atoms with Gasteiger partial charge >= 0.3 is 0 Å². The van der Waals surface area contributed by atoms with Gasteiger partial charge in [-0.05, 0) is 35.4 Å². The molecule has 7 heteroatoms. The van der Waals surface area contributed by atoms with Crippen LogP contribution in [0.1, 0.15) is 21.5 Å². The smallest absolute Gasteiger partial charge is 0.253 e. The highest BCUT2D eigenvalue weighted by Gasteiger charge is 2.09. The molecule has 146 valence electrons. The number of aliphatic imine (C=N–C) groups is 1. The first-order valence-corrected chi connectivity index (χ1v) is 8.37. The molecule has 0 aliphatic carbocycles. The molecule has 0 fully saturated rings. The number of hydrogen-bond acceptors (Lipinski definition) is 2. The summed E-state index contributed by atoms with van der Waals surface area (Å²) in [6.45, 7) is 1.22. The maximum atomic E-state index is 13.0. The van der Waals surface area contributed by atoms with E-state index >= 15 is 0 Å². The van der Waals surface area contributed by atoms with Gasteiger partial charge in [0.2, 0.25) is 0 Å². The van der Waals surface area contributed by atoms with Gasteiger partial charge in [0.15, 0.2) is 5.96 Å². The third-order valence-electron chi connectivity index (χ3n) is 3.96. The molecule has 0 aliphatic rings. The number of guanidine groups is 1. The molecule has 2 aromatic carbocycles. The molecule has 2 aromatic rings. The number of rotatable bonds is 5. The Morgan fingerprint density at radius 2 is 1.56 bits per heavy atom. The van der Waals surface area contributed by atoms with E-state index in [4.69, 9.17) is 0 Å². The van der Waals surface area contributed by atoms with Crippen molar-refractivity contribution in [3.8, 4) is 0 Å².